The second-order valence-electron chi connectivity index (χ2n) is 9.66. The lowest BCUT2D eigenvalue weighted by molar-refractivity contribution is -0.123. The van der Waals surface area contributed by atoms with Gasteiger partial charge in [-0.15, -0.1) is 0 Å². The van der Waals surface area contributed by atoms with Crippen LogP contribution in [-0.4, -0.2) is 41.8 Å². The standard InChI is InChI=1S/C29H20Cl2N2O5/c30-16-5-7-19(20(31)13-16)27(34)26-24-23(25-18-4-2-1-3-15(18)9-10-32(25)26)28(35)33(29(24)36)17-6-8-21-22(14-17)38-12-11-37-21/h1-10,13-14,23-26H,11-12H2/t23-,24-,25-,26+/m0/s1. The number of Topliss-reactive ketones (excluding diaryl/α,β-unsaturated/α-hetero) is 1. The summed E-state index contributed by atoms with van der Waals surface area (Å²) in [6.07, 6.45) is 3.72. The van der Waals surface area contributed by atoms with E-state index in [0.717, 1.165) is 11.1 Å². The number of halogens is 2. The van der Waals surface area contributed by atoms with E-state index in [2.05, 4.69) is 0 Å². The lowest BCUT2D eigenvalue weighted by Crippen LogP contribution is -2.44. The number of rotatable bonds is 3. The number of ether oxygens (including phenoxy) is 2. The highest BCUT2D eigenvalue weighted by atomic mass is 35.5. The third-order valence-electron chi connectivity index (χ3n) is 7.71. The first-order chi connectivity index (χ1) is 18.4. The van der Waals surface area contributed by atoms with Gasteiger partial charge in [-0.1, -0.05) is 47.5 Å². The van der Waals surface area contributed by atoms with Crippen LogP contribution in [0.2, 0.25) is 10.0 Å². The Bertz CT molecular complexity index is 1570. The largest absolute Gasteiger partial charge is 0.486 e. The van der Waals surface area contributed by atoms with Gasteiger partial charge < -0.3 is 14.4 Å². The van der Waals surface area contributed by atoms with Crippen molar-refractivity contribution in [1.82, 2.24) is 4.90 Å². The average Bonchev–Trinajstić information content (AvgIpc) is 3.40. The molecule has 0 N–H and O–H groups in total. The third-order valence-corrected chi connectivity index (χ3v) is 8.26. The summed E-state index contributed by atoms with van der Waals surface area (Å²) in [6.45, 7) is 0.807. The van der Waals surface area contributed by atoms with E-state index in [4.69, 9.17) is 32.7 Å². The number of fused-ring (bicyclic) bond motifs is 6. The maximum absolute atomic E-state index is 14.1. The van der Waals surface area contributed by atoms with E-state index < -0.39 is 29.8 Å². The van der Waals surface area contributed by atoms with Crippen LogP contribution in [0.4, 0.5) is 5.69 Å². The molecule has 4 heterocycles. The number of imide groups is 1. The zero-order chi connectivity index (χ0) is 26.1. The lowest BCUT2D eigenvalue weighted by atomic mass is 9.83. The molecule has 3 aromatic rings. The van der Waals surface area contributed by atoms with E-state index >= 15 is 0 Å². The van der Waals surface area contributed by atoms with Crippen LogP contribution < -0.4 is 14.4 Å². The van der Waals surface area contributed by atoms with Crippen LogP contribution in [0.25, 0.3) is 6.08 Å². The minimum atomic E-state index is -0.924. The molecule has 0 aliphatic carbocycles. The van der Waals surface area contributed by atoms with Crippen molar-refractivity contribution in [2.45, 2.75) is 12.1 Å². The molecule has 2 saturated heterocycles. The molecule has 0 spiro atoms. The SMILES string of the molecule is O=C(c1ccc(Cl)cc1Cl)[C@H]1[C@H]2C(=O)N(c3ccc4c(c3)OCCO4)C(=O)[C@@H]2[C@@H]2c3ccccc3C=CN12. The van der Waals surface area contributed by atoms with Gasteiger partial charge >= 0.3 is 0 Å². The van der Waals surface area contributed by atoms with Crippen LogP contribution in [0.1, 0.15) is 27.5 Å². The molecule has 9 heteroatoms. The number of hydrogen-bond donors (Lipinski definition) is 0. The topological polar surface area (TPSA) is 76.1 Å². The number of hydrogen-bond acceptors (Lipinski definition) is 6. The highest BCUT2D eigenvalue weighted by molar-refractivity contribution is 6.37. The fourth-order valence-corrected chi connectivity index (χ4v) is 6.63. The van der Waals surface area contributed by atoms with Crippen molar-refractivity contribution in [2.24, 2.45) is 11.8 Å². The molecule has 190 valence electrons. The van der Waals surface area contributed by atoms with Crippen molar-refractivity contribution in [3.8, 4) is 11.5 Å². The van der Waals surface area contributed by atoms with Crippen LogP contribution >= 0.6 is 23.2 Å². The van der Waals surface area contributed by atoms with Gasteiger partial charge in [0.1, 0.15) is 19.3 Å². The number of carbonyl (C=O) groups excluding carboxylic acids is 3. The quantitative estimate of drug-likeness (QED) is 0.333. The minimum Gasteiger partial charge on any atom is -0.486 e. The lowest BCUT2D eigenvalue weighted by Gasteiger charge is -2.35. The Morgan fingerprint density at radius 3 is 2.45 bits per heavy atom. The van der Waals surface area contributed by atoms with Crippen molar-refractivity contribution in [2.75, 3.05) is 18.1 Å². The van der Waals surface area contributed by atoms with E-state index in [1.54, 1.807) is 30.3 Å². The van der Waals surface area contributed by atoms with E-state index in [9.17, 15) is 14.4 Å². The predicted molar refractivity (Wildman–Crippen MR) is 142 cm³/mol. The summed E-state index contributed by atoms with van der Waals surface area (Å²) in [4.78, 5) is 45.2. The summed E-state index contributed by atoms with van der Waals surface area (Å²) in [7, 11) is 0. The molecule has 38 heavy (non-hydrogen) atoms. The van der Waals surface area contributed by atoms with E-state index in [-0.39, 0.29) is 22.3 Å². The van der Waals surface area contributed by atoms with Crippen molar-refractivity contribution < 1.29 is 23.9 Å². The fraction of sp³-hybridized carbons (Fsp3) is 0.207. The molecule has 0 saturated carbocycles. The summed E-state index contributed by atoms with van der Waals surface area (Å²) < 4.78 is 11.3. The van der Waals surface area contributed by atoms with Gasteiger partial charge in [0.25, 0.3) is 0 Å². The molecule has 0 aromatic heterocycles. The summed E-state index contributed by atoms with van der Waals surface area (Å²) in [5, 5.41) is 0.599. The predicted octanol–water partition coefficient (Wildman–Crippen LogP) is 5.16. The zero-order valence-electron chi connectivity index (χ0n) is 19.8. The molecule has 4 aliphatic heterocycles. The van der Waals surface area contributed by atoms with E-state index in [0.29, 0.717) is 35.4 Å². The second-order valence-corrected chi connectivity index (χ2v) is 10.5. The van der Waals surface area contributed by atoms with Crippen molar-refractivity contribution >= 4 is 52.6 Å². The molecule has 3 aromatic carbocycles. The maximum Gasteiger partial charge on any atom is 0.240 e. The minimum absolute atomic E-state index is 0.198. The smallest absolute Gasteiger partial charge is 0.240 e. The Morgan fingerprint density at radius 1 is 0.868 bits per heavy atom. The summed E-state index contributed by atoms with van der Waals surface area (Å²) in [6, 6.07) is 16.0. The number of benzene rings is 3. The van der Waals surface area contributed by atoms with Crippen molar-refractivity contribution in [3.05, 3.63) is 93.6 Å². The number of ketones is 1. The number of carbonyl (C=O) groups is 3. The molecular formula is C29H20Cl2N2O5. The monoisotopic (exact) mass is 546 g/mol. The third kappa shape index (κ3) is 3.32. The highest BCUT2D eigenvalue weighted by Gasteiger charge is 2.64. The van der Waals surface area contributed by atoms with Crippen molar-refractivity contribution in [3.63, 3.8) is 0 Å². The Labute approximate surface area is 228 Å². The van der Waals surface area contributed by atoms with Gasteiger partial charge in [-0.25, -0.2) is 4.90 Å². The summed E-state index contributed by atoms with van der Waals surface area (Å²) >= 11 is 12.5. The molecule has 7 rings (SSSR count). The maximum atomic E-state index is 14.1. The Balaban J connectivity index is 1.36. The first-order valence-electron chi connectivity index (χ1n) is 12.3. The molecule has 0 unspecified atom stereocenters. The molecular weight excluding hydrogens is 527 g/mol. The van der Waals surface area contributed by atoms with Crippen LogP contribution in [-0.2, 0) is 9.59 Å². The molecule has 2 fully saturated rings. The van der Waals surface area contributed by atoms with Crippen LogP contribution in [0.3, 0.4) is 0 Å². The average molecular weight is 547 g/mol. The molecule has 2 amide bonds. The van der Waals surface area contributed by atoms with Gasteiger partial charge in [-0.05, 0) is 47.5 Å². The first kappa shape index (κ1) is 23.3. The van der Waals surface area contributed by atoms with Gasteiger partial charge in [0.2, 0.25) is 11.8 Å². The van der Waals surface area contributed by atoms with Gasteiger partial charge in [0.05, 0.1) is 28.6 Å². The number of anilines is 1. The van der Waals surface area contributed by atoms with E-state index in [1.165, 1.54) is 11.0 Å². The Hall–Kier alpha value is -3.81. The van der Waals surface area contributed by atoms with E-state index in [1.807, 2.05) is 41.4 Å². The highest BCUT2D eigenvalue weighted by Crippen LogP contribution is 2.54. The normalized spacial score (nSPS) is 24.8. The van der Waals surface area contributed by atoms with Gasteiger partial charge in [0, 0.05) is 22.9 Å². The zero-order valence-corrected chi connectivity index (χ0v) is 21.4. The second kappa shape index (κ2) is 8.61. The molecule has 7 nitrogen and oxygen atoms in total. The fourth-order valence-electron chi connectivity index (χ4n) is 6.13. The molecule has 4 aliphatic rings. The molecule has 0 bridgehead atoms. The van der Waals surface area contributed by atoms with Gasteiger partial charge in [0.15, 0.2) is 17.3 Å². The van der Waals surface area contributed by atoms with Crippen LogP contribution in [0.5, 0.6) is 11.5 Å². The number of amides is 2. The summed E-state index contributed by atoms with van der Waals surface area (Å²) in [5.74, 6) is -1.76. The first-order valence-corrected chi connectivity index (χ1v) is 13.0. The van der Waals surface area contributed by atoms with Crippen LogP contribution in [0, 0.1) is 11.8 Å². The Kier molecular flexibility index (Phi) is 5.29. The Morgan fingerprint density at radius 2 is 1.63 bits per heavy atom. The van der Waals surface area contributed by atoms with Gasteiger partial charge in [-0.3, -0.25) is 14.4 Å². The summed E-state index contributed by atoms with van der Waals surface area (Å²) in [5.41, 5.74) is 2.49. The molecule has 4 atom stereocenters. The van der Waals surface area contributed by atoms with Crippen LogP contribution in [0.15, 0.2) is 66.9 Å². The molecule has 0 radical (unpaired) electrons. The van der Waals surface area contributed by atoms with Crippen molar-refractivity contribution in [1.29, 1.82) is 0 Å². The number of nitrogens with zero attached hydrogens (tertiary/aromatic N) is 2. The van der Waals surface area contributed by atoms with Gasteiger partial charge in [-0.2, -0.15) is 0 Å².